The monoisotopic (exact) mass is 254 g/mol. The molecular weight excluding hydrogens is 240 g/mol. The van der Waals surface area contributed by atoms with Crippen molar-refractivity contribution < 1.29 is 9.53 Å². The molecule has 2 heterocycles. The van der Waals surface area contributed by atoms with Crippen LogP contribution in [0.1, 0.15) is 19.8 Å². The number of anilines is 1. The Balaban J connectivity index is 2.04. The number of amides is 1. The first-order chi connectivity index (χ1) is 8.22. The zero-order valence-electron chi connectivity index (χ0n) is 9.65. The van der Waals surface area contributed by atoms with Crippen LogP contribution in [-0.2, 0) is 9.53 Å². The van der Waals surface area contributed by atoms with Crippen LogP contribution in [-0.4, -0.2) is 23.6 Å². The number of hydrogen-bond donors (Lipinski definition) is 1. The number of carbonyl (C=O) groups is 1. The van der Waals surface area contributed by atoms with Crippen LogP contribution in [0.25, 0.3) is 0 Å². The zero-order chi connectivity index (χ0) is 12.3. The smallest absolute Gasteiger partial charge is 0.230 e. The van der Waals surface area contributed by atoms with E-state index in [1.165, 1.54) is 0 Å². The van der Waals surface area contributed by atoms with E-state index in [4.69, 9.17) is 16.3 Å². The molecular formula is C12H15ClN2O2. The summed E-state index contributed by atoms with van der Waals surface area (Å²) in [7, 11) is 0. The maximum atomic E-state index is 12.1. The van der Waals surface area contributed by atoms with Crippen molar-refractivity contribution in [1.82, 2.24) is 4.98 Å². The normalized spacial score (nSPS) is 23.6. The van der Waals surface area contributed by atoms with Gasteiger partial charge in [-0.1, -0.05) is 18.5 Å². The van der Waals surface area contributed by atoms with Crippen LogP contribution < -0.4 is 5.32 Å². The molecule has 1 aromatic rings. The summed E-state index contributed by atoms with van der Waals surface area (Å²) < 4.78 is 5.49. The second-order valence-corrected chi connectivity index (χ2v) is 4.40. The van der Waals surface area contributed by atoms with E-state index in [0.29, 0.717) is 17.4 Å². The highest BCUT2D eigenvalue weighted by molar-refractivity contribution is 6.32. The molecule has 0 aliphatic carbocycles. The molecule has 5 heteroatoms. The summed E-state index contributed by atoms with van der Waals surface area (Å²) in [5.41, 5.74) is 0.556. The molecule has 17 heavy (non-hydrogen) atoms. The van der Waals surface area contributed by atoms with Crippen molar-refractivity contribution in [3.05, 3.63) is 23.5 Å². The third-order valence-corrected chi connectivity index (χ3v) is 3.27. The van der Waals surface area contributed by atoms with Crippen LogP contribution in [0, 0.1) is 5.92 Å². The molecule has 1 aliphatic heterocycles. The van der Waals surface area contributed by atoms with Crippen LogP contribution in [0.4, 0.5) is 5.69 Å². The van der Waals surface area contributed by atoms with Gasteiger partial charge in [-0.2, -0.15) is 0 Å². The fraction of sp³-hybridized carbons (Fsp3) is 0.500. The number of halogens is 1. The van der Waals surface area contributed by atoms with Gasteiger partial charge in [0, 0.05) is 12.8 Å². The molecule has 4 nitrogen and oxygen atoms in total. The molecule has 1 saturated heterocycles. The van der Waals surface area contributed by atoms with Gasteiger partial charge in [0.1, 0.15) is 0 Å². The van der Waals surface area contributed by atoms with E-state index >= 15 is 0 Å². The van der Waals surface area contributed by atoms with Crippen molar-refractivity contribution in [2.45, 2.75) is 25.9 Å². The van der Waals surface area contributed by atoms with Gasteiger partial charge in [0.2, 0.25) is 5.91 Å². The third kappa shape index (κ3) is 2.76. The number of aromatic nitrogens is 1. The second-order valence-electron chi connectivity index (χ2n) is 4.04. The molecule has 1 N–H and O–H groups in total. The molecule has 2 rings (SSSR count). The highest BCUT2D eigenvalue weighted by atomic mass is 35.5. The Labute approximate surface area is 105 Å². The highest BCUT2D eigenvalue weighted by Gasteiger charge is 2.32. The van der Waals surface area contributed by atoms with Gasteiger partial charge in [0.05, 0.1) is 17.7 Å². The summed E-state index contributed by atoms with van der Waals surface area (Å²) in [5, 5.41) is 3.12. The molecule has 0 bridgehead atoms. The van der Waals surface area contributed by atoms with E-state index in [0.717, 1.165) is 12.8 Å². The fourth-order valence-electron chi connectivity index (χ4n) is 2.06. The Hall–Kier alpha value is -1.13. The summed E-state index contributed by atoms with van der Waals surface area (Å²) in [6, 6.07) is 3.48. The van der Waals surface area contributed by atoms with Crippen molar-refractivity contribution in [3.8, 4) is 0 Å². The van der Waals surface area contributed by atoms with Crippen molar-refractivity contribution in [3.63, 3.8) is 0 Å². The van der Waals surface area contributed by atoms with Crippen molar-refractivity contribution in [2.75, 3.05) is 11.9 Å². The maximum absolute atomic E-state index is 12.1. The molecule has 1 amide bonds. The Morgan fingerprint density at radius 3 is 3.24 bits per heavy atom. The average molecular weight is 255 g/mol. The minimum atomic E-state index is -0.0868. The molecule has 2 atom stereocenters. The number of hydrogen-bond acceptors (Lipinski definition) is 3. The van der Waals surface area contributed by atoms with Crippen LogP contribution in [0.15, 0.2) is 18.3 Å². The van der Waals surface area contributed by atoms with Gasteiger partial charge in [-0.25, -0.2) is 4.98 Å². The lowest BCUT2D eigenvalue weighted by atomic mass is 9.98. The van der Waals surface area contributed by atoms with Crippen molar-refractivity contribution >= 4 is 23.2 Å². The Kier molecular flexibility index (Phi) is 3.97. The highest BCUT2D eigenvalue weighted by Crippen LogP contribution is 2.26. The largest absolute Gasteiger partial charge is 0.377 e. The zero-order valence-corrected chi connectivity index (χ0v) is 10.4. The van der Waals surface area contributed by atoms with E-state index < -0.39 is 0 Å². The second kappa shape index (κ2) is 5.47. The Morgan fingerprint density at radius 2 is 2.53 bits per heavy atom. The fourth-order valence-corrected chi connectivity index (χ4v) is 2.22. The van der Waals surface area contributed by atoms with E-state index in [1.807, 2.05) is 6.92 Å². The van der Waals surface area contributed by atoms with E-state index in [-0.39, 0.29) is 17.9 Å². The number of rotatable bonds is 3. The quantitative estimate of drug-likeness (QED) is 0.843. The molecule has 0 saturated carbocycles. The Morgan fingerprint density at radius 1 is 1.71 bits per heavy atom. The molecule has 0 radical (unpaired) electrons. The number of pyridine rings is 1. The van der Waals surface area contributed by atoms with Crippen LogP contribution >= 0.6 is 11.6 Å². The van der Waals surface area contributed by atoms with Crippen molar-refractivity contribution in [2.24, 2.45) is 5.92 Å². The lowest BCUT2D eigenvalue weighted by molar-refractivity contribution is -0.121. The van der Waals surface area contributed by atoms with Gasteiger partial charge < -0.3 is 10.1 Å². The molecule has 1 aliphatic rings. The standard InChI is InChI=1S/C12H15ClN2O2/c1-2-10-8(5-7-17-10)12(16)15-9-4-3-6-14-11(9)13/h3-4,6,8,10H,2,5,7H2,1H3,(H,15,16). The van der Waals surface area contributed by atoms with Crippen LogP contribution in [0.3, 0.4) is 0 Å². The minimum absolute atomic E-state index is 0.0189. The Bertz CT molecular complexity index is 411. The molecule has 0 spiro atoms. The summed E-state index contributed by atoms with van der Waals surface area (Å²) in [4.78, 5) is 16.0. The molecule has 92 valence electrons. The molecule has 1 aromatic heterocycles. The number of nitrogens with zero attached hydrogens (tertiary/aromatic N) is 1. The number of nitrogens with one attached hydrogen (secondary N) is 1. The third-order valence-electron chi connectivity index (χ3n) is 2.97. The minimum Gasteiger partial charge on any atom is -0.377 e. The molecule has 0 aromatic carbocycles. The number of ether oxygens (including phenoxy) is 1. The topological polar surface area (TPSA) is 51.2 Å². The summed E-state index contributed by atoms with van der Waals surface area (Å²) in [6.45, 7) is 2.67. The molecule has 1 fully saturated rings. The lowest BCUT2D eigenvalue weighted by Gasteiger charge is -2.16. The van der Waals surface area contributed by atoms with Gasteiger partial charge in [-0.05, 0) is 25.0 Å². The first kappa shape index (κ1) is 12.3. The van der Waals surface area contributed by atoms with Gasteiger partial charge in [0.25, 0.3) is 0 Å². The van der Waals surface area contributed by atoms with Crippen LogP contribution in [0.5, 0.6) is 0 Å². The van der Waals surface area contributed by atoms with Crippen molar-refractivity contribution in [1.29, 1.82) is 0 Å². The van der Waals surface area contributed by atoms with Gasteiger partial charge in [-0.3, -0.25) is 4.79 Å². The predicted molar refractivity (Wildman–Crippen MR) is 66.0 cm³/mol. The first-order valence-corrected chi connectivity index (χ1v) is 6.13. The summed E-state index contributed by atoms with van der Waals surface area (Å²) in [5.74, 6) is -0.125. The predicted octanol–water partition coefficient (Wildman–Crippen LogP) is 2.49. The summed E-state index contributed by atoms with van der Waals surface area (Å²) in [6.07, 6.45) is 3.22. The maximum Gasteiger partial charge on any atom is 0.230 e. The molecule has 2 unspecified atom stereocenters. The van der Waals surface area contributed by atoms with Crippen LogP contribution in [0.2, 0.25) is 5.15 Å². The average Bonchev–Trinajstić information content (AvgIpc) is 2.80. The van der Waals surface area contributed by atoms with Gasteiger partial charge in [0.15, 0.2) is 5.15 Å². The van der Waals surface area contributed by atoms with Gasteiger partial charge in [-0.15, -0.1) is 0 Å². The summed E-state index contributed by atoms with van der Waals surface area (Å²) >= 11 is 5.89. The number of carbonyl (C=O) groups excluding carboxylic acids is 1. The first-order valence-electron chi connectivity index (χ1n) is 5.75. The van der Waals surface area contributed by atoms with E-state index in [9.17, 15) is 4.79 Å². The van der Waals surface area contributed by atoms with E-state index in [2.05, 4.69) is 10.3 Å². The SMILES string of the molecule is CCC1OCCC1C(=O)Nc1cccnc1Cl. The van der Waals surface area contributed by atoms with E-state index in [1.54, 1.807) is 18.3 Å². The lowest BCUT2D eigenvalue weighted by Crippen LogP contribution is -2.29. The van der Waals surface area contributed by atoms with Gasteiger partial charge >= 0.3 is 0 Å².